The number of thiophene rings is 1. The van der Waals surface area contributed by atoms with Gasteiger partial charge in [-0.25, -0.2) is 0 Å². The molecule has 4 nitrogen and oxygen atoms in total. The van der Waals surface area contributed by atoms with Gasteiger partial charge in [-0.3, -0.25) is 4.79 Å². The van der Waals surface area contributed by atoms with Gasteiger partial charge in [0.25, 0.3) is 0 Å². The molecule has 1 atom stereocenters. The number of carbonyl (C=O) groups excluding carboxylic acids is 1. The molecule has 2 rings (SSSR count). The van der Waals surface area contributed by atoms with Crippen molar-refractivity contribution in [1.82, 2.24) is 5.32 Å². The Kier molecular flexibility index (Phi) is 6.46. The maximum atomic E-state index is 12.1. The Labute approximate surface area is 145 Å². The molecule has 1 aliphatic rings. The van der Waals surface area contributed by atoms with Gasteiger partial charge in [-0.1, -0.05) is 6.07 Å². The molecule has 1 aliphatic heterocycles. The highest BCUT2D eigenvalue weighted by atomic mass is 32.2. The first-order chi connectivity index (χ1) is 11.1. The molecular formula is C17H20N2O2S2. The monoisotopic (exact) mass is 348 g/mol. The van der Waals surface area contributed by atoms with Crippen molar-refractivity contribution < 1.29 is 9.53 Å². The first-order valence-electron chi connectivity index (χ1n) is 7.47. The Morgan fingerprint density at radius 1 is 1.57 bits per heavy atom. The fraction of sp³-hybridized carbons (Fsp3) is 0.412. The largest absolute Gasteiger partial charge is 0.381 e. The Hall–Kier alpha value is -1.55. The Bertz CT molecular complexity index is 669. The second kappa shape index (κ2) is 8.34. The molecule has 6 heteroatoms. The van der Waals surface area contributed by atoms with Crippen molar-refractivity contribution >= 4 is 28.9 Å². The molecule has 0 amide bonds. The molecule has 122 valence electrons. The van der Waals surface area contributed by atoms with Crippen LogP contribution >= 0.6 is 23.1 Å². The van der Waals surface area contributed by atoms with E-state index in [0.717, 1.165) is 21.4 Å². The number of nitriles is 1. The van der Waals surface area contributed by atoms with Gasteiger partial charge in [0.15, 0.2) is 5.78 Å². The Morgan fingerprint density at radius 2 is 2.35 bits per heavy atom. The van der Waals surface area contributed by atoms with Crippen LogP contribution in [0.2, 0.25) is 0 Å². The molecule has 0 bridgehead atoms. The van der Waals surface area contributed by atoms with Crippen molar-refractivity contribution in [3.63, 3.8) is 0 Å². The summed E-state index contributed by atoms with van der Waals surface area (Å²) in [5, 5.41) is 15.7. The first-order valence-corrected chi connectivity index (χ1v) is 9.33. The lowest BCUT2D eigenvalue weighted by molar-refractivity contribution is -0.113. The lowest BCUT2D eigenvalue weighted by Crippen LogP contribution is -2.26. The van der Waals surface area contributed by atoms with Crippen LogP contribution < -0.4 is 5.32 Å². The van der Waals surface area contributed by atoms with Crippen molar-refractivity contribution in [3.8, 4) is 6.07 Å². The first kappa shape index (κ1) is 17.8. The number of allylic oxidation sites excluding steroid dienone is 3. The minimum atomic E-state index is -0.270. The molecule has 23 heavy (non-hydrogen) atoms. The van der Waals surface area contributed by atoms with Gasteiger partial charge in [0.2, 0.25) is 0 Å². The van der Waals surface area contributed by atoms with Gasteiger partial charge >= 0.3 is 0 Å². The summed E-state index contributed by atoms with van der Waals surface area (Å²) < 4.78 is 5.36. The second-order valence-electron chi connectivity index (χ2n) is 5.07. The average Bonchev–Trinajstić information content (AvgIpc) is 3.04. The summed E-state index contributed by atoms with van der Waals surface area (Å²) in [4.78, 5) is 13.2. The maximum Gasteiger partial charge on any atom is 0.158 e. The molecule has 0 spiro atoms. The fourth-order valence-corrected chi connectivity index (χ4v) is 4.37. The van der Waals surface area contributed by atoms with Crippen LogP contribution in [0, 0.1) is 11.3 Å². The second-order valence-corrected chi connectivity index (χ2v) is 7.15. The van der Waals surface area contributed by atoms with Crippen LogP contribution in [0.25, 0.3) is 0 Å². The van der Waals surface area contributed by atoms with Crippen molar-refractivity contribution in [3.05, 3.63) is 44.3 Å². The molecule has 0 unspecified atom stereocenters. The van der Waals surface area contributed by atoms with Crippen LogP contribution in [0.4, 0.5) is 0 Å². The standard InChI is InChI=1S/C17H20N2O2S2/c1-4-21-7-9-23-17-13(10-18)16(14-6-5-8-22-14)15(12(3)20)11(2)19-17/h5-6,8,16,19H,4,7,9H2,1-3H3/t16-/m0/s1. The number of rotatable bonds is 7. The highest BCUT2D eigenvalue weighted by Crippen LogP contribution is 2.42. The number of ketones is 1. The lowest BCUT2D eigenvalue weighted by Gasteiger charge is -2.28. The van der Waals surface area contributed by atoms with Crippen molar-refractivity contribution in [2.45, 2.75) is 26.7 Å². The summed E-state index contributed by atoms with van der Waals surface area (Å²) in [7, 11) is 0. The highest BCUT2D eigenvalue weighted by molar-refractivity contribution is 8.03. The zero-order chi connectivity index (χ0) is 16.8. The normalized spacial score (nSPS) is 17.9. The summed E-state index contributed by atoms with van der Waals surface area (Å²) in [6.07, 6.45) is 0. The molecule has 2 heterocycles. The van der Waals surface area contributed by atoms with Gasteiger partial charge in [-0.05, 0) is 32.2 Å². The third-order valence-electron chi connectivity index (χ3n) is 3.53. The molecule has 0 saturated heterocycles. The van der Waals surface area contributed by atoms with Gasteiger partial charge in [0.1, 0.15) is 0 Å². The summed E-state index contributed by atoms with van der Waals surface area (Å²) in [5.74, 6) is 0.495. The van der Waals surface area contributed by atoms with E-state index >= 15 is 0 Å². The van der Waals surface area contributed by atoms with E-state index in [-0.39, 0.29) is 11.7 Å². The molecule has 0 aliphatic carbocycles. The van der Waals surface area contributed by atoms with E-state index in [1.807, 2.05) is 31.4 Å². The summed E-state index contributed by atoms with van der Waals surface area (Å²) >= 11 is 3.14. The van der Waals surface area contributed by atoms with E-state index < -0.39 is 0 Å². The van der Waals surface area contributed by atoms with Crippen LogP contribution in [0.1, 0.15) is 31.6 Å². The smallest absolute Gasteiger partial charge is 0.158 e. The van der Waals surface area contributed by atoms with Gasteiger partial charge < -0.3 is 10.1 Å². The van der Waals surface area contributed by atoms with Crippen LogP contribution in [-0.4, -0.2) is 24.7 Å². The third kappa shape index (κ3) is 4.05. The molecule has 0 aromatic carbocycles. The topological polar surface area (TPSA) is 62.1 Å². The minimum absolute atomic E-state index is 0.000448. The van der Waals surface area contributed by atoms with Crippen molar-refractivity contribution in [2.24, 2.45) is 0 Å². The molecule has 0 fully saturated rings. The third-order valence-corrected chi connectivity index (χ3v) is 5.45. The van der Waals surface area contributed by atoms with Gasteiger partial charge in [-0.15, -0.1) is 23.1 Å². The van der Waals surface area contributed by atoms with Gasteiger partial charge in [0.05, 0.1) is 29.2 Å². The van der Waals surface area contributed by atoms with Crippen LogP contribution in [0.5, 0.6) is 0 Å². The number of thioether (sulfide) groups is 1. The van der Waals surface area contributed by atoms with E-state index in [0.29, 0.717) is 24.4 Å². The number of carbonyl (C=O) groups is 1. The number of hydrogen-bond acceptors (Lipinski definition) is 6. The quantitative estimate of drug-likeness (QED) is 0.759. The summed E-state index contributed by atoms with van der Waals surface area (Å²) in [5.41, 5.74) is 2.12. The lowest BCUT2D eigenvalue weighted by atomic mass is 9.85. The Balaban J connectivity index is 2.37. The SMILES string of the molecule is CCOCCSC1=C(C#N)[C@@H](c2cccs2)C(C(C)=O)=C(C)N1. The fourth-order valence-electron chi connectivity index (χ4n) is 2.58. The number of ether oxygens (including phenoxy) is 1. The number of Topliss-reactive ketones (excluding diaryl/α,β-unsaturated/α-hetero) is 1. The predicted octanol–water partition coefficient (Wildman–Crippen LogP) is 3.80. The van der Waals surface area contributed by atoms with E-state index in [1.54, 1.807) is 30.0 Å². The highest BCUT2D eigenvalue weighted by Gasteiger charge is 2.33. The number of nitrogens with zero attached hydrogens (tertiary/aromatic N) is 1. The number of dihydropyridines is 1. The number of hydrogen-bond donors (Lipinski definition) is 1. The minimum Gasteiger partial charge on any atom is -0.381 e. The molecule has 1 aromatic rings. The number of nitrogens with one attached hydrogen (secondary N) is 1. The van der Waals surface area contributed by atoms with Crippen LogP contribution in [-0.2, 0) is 9.53 Å². The van der Waals surface area contributed by atoms with Crippen LogP contribution in [0.15, 0.2) is 39.4 Å². The molecule has 1 aromatic heterocycles. The van der Waals surface area contributed by atoms with Crippen molar-refractivity contribution in [2.75, 3.05) is 19.0 Å². The molecule has 1 N–H and O–H groups in total. The van der Waals surface area contributed by atoms with Gasteiger partial charge in [0, 0.05) is 28.5 Å². The molecule has 0 radical (unpaired) electrons. The zero-order valence-electron chi connectivity index (χ0n) is 13.5. The van der Waals surface area contributed by atoms with Crippen molar-refractivity contribution in [1.29, 1.82) is 5.26 Å². The molecular weight excluding hydrogens is 328 g/mol. The van der Waals surface area contributed by atoms with E-state index in [4.69, 9.17) is 4.74 Å². The Morgan fingerprint density at radius 3 is 2.91 bits per heavy atom. The van der Waals surface area contributed by atoms with E-state index in [1.165, 1.54) is 0 Å². The zero-order valence-corrected chi connectivity index (χ0v) is 15.1. The molecule has 0 saturated carbocycles. The maximum absolute atomic E-state index is 12.1. The van der Waals surface area contributed by atoms with E-state index in [9.17, 15) is 10.1 Å². The van der Waals surface area contributed by atoms with Crippen LogP contribution in [0.3, 0.4) is 0 Å². The predicted molar refractivity (Wildman–Crippen MR) is 95.2 cm³/mol. The summed E-state index contributed by atoms with van der Waals surface area (Å²) in [6, 6.07) is 6.25. The average molecular weight is 348 g/mol. The van der Waals surface area contributed by atoms with Gasteiger partial charge in [-0.2, -0.15) is 5.26 Å². The van der Waals surface area contributed by atoms with E-state index in [2.05, 4.69) is 11.4 Å². The summed E-state index contributed by atoms with van der Waals surface area (Å²) in [6.45, 7) is 6.74.